The van der Waals surface area contributed by atoms with Gasteiger partial charge in [-0.15, -0.1) is 5.10 Å². The maximum Gasteiger partial charge on any atom is 0.253 e. The molecular formula is C26H31N7O4. The summed E-state index contributed by atoms with van der Waals surface area (Å²) >= 11 is 0. The summed E-state index contributed by atoms with van der Waals surface area (Å²) < 4.78 is 18.9. The van der Waals surface area contributed by atoms with E-state index in [1.807, 2.05) is 35.2 Å². The van der Waals surface area contributed by atoms with E-state index in [9.17, 15) is 4.79 Å². The monoisotopic (exact) mass is 505 g/mol. The highest BCUT2D eigenvalue weighted by Gasteiger charge is 2.37. The smallest absolute Gasteiger partial charge is 0.253 e. The molecule has 1 amide bonds. The number of amides is 1. The van der Waals surface area contributed by atoms with Gasteiger partial charge in [0.1, 0.15) is 6.04 Å². The molecule has 0 aliphatic carbocycles. The van der Waals surface area contributed by atoms with Crippen LogP contribution >= 0.6 is 0 Å². The molecule has 2 aromatic carbocycles. The number of hydrogen-bond donors (Lipinski definition) is 0. The summed E-state index contributed by atoms with van der Waals surface area (Å²) in [4.78, 5) is 19.6. The van der Waals surface area contributed by atoms with Gasteiger partial charge in [0.2, 0.25) is 12.5 Å². The van der Waals surface area contributed by atoms with Crippen molar-refractivity contribution in [3.8, 4) is 22.9 Å². The molecule has 11 nitrogen and oxygen atoms in total. The number of methoxy groups -OCH3 is 1. The van der Waals surface area contributed by atoms with E-state index in [0.717, 1.165) is 62.5 Å². The minimum atomic E-state index is -0.251. The molecule has 0 saturated carbocycles. The Morgan fingerprint density at radius 2 is 1.89 bits per heavy atom. The molecule has 1 saturated heterocycles. The minimum absolute atomic E-state index is 0.0565. The maximum absolute atomic E-state index is 13.1. The van der Waals surface area contributed by atoms with Crippen LogP contribution in [-0.2, 0) is 6.42 Å². The lowest BCUT2D eigenvalue weighted by Gasteiger charge is -2.35. The second kappa shape index (κ2) is 9.64. The molecule has 11 heteroatoms. The third-order valence-corrected chi connectivity index (χ3v) is 7.60. The van der Waals surface area contributed by atoms with E-state index in [4.69, 9.17) is 14.2 Å². The van der Waals surface area contributed by atoms with E-state index in [-0.39, 0.29) is 18.7 Å². The van der Waals surface area contributed by atoms with E-state index in [2.05, 4.69) is 39.3 Å². The summed E-state index contributed by atoms with van der Waals surface area (Å²) in [5.41, 5.74) is 3.56. The number of carbonyl (C=O) groups excluding carboxylic acids is 1. The summed E-state index contributed by atoms with van der Waals surface area (Å²) in [7, 11) is 3.70. The Morgan fingerprint density at radius 1 is 1.11 bits per heavy atom. The van der Waals surface area contributed by atoms with Crippen LogP contribution in [0.2, 0.25) is 0 Å². The van der Waals surface area contributed by atoms with Crippen LogP contribution in [0.4, 0.5) is 0 Å². The molecule has 3 aliphatic heterocycles. The highest BCUT2D eigenvalue weighted by molar-refractivity contribution is 5.94. The molecule has 194 valence electrons. The van der Waals surface area contributed by atoms with E-state index >= 15 is 0 Å². The van der Waals surface area contributed by atoms with Gasteiger partial charge in [0.15, 0.2) is 17.3 Å². The van der Waals surface area contributed by atoms with Crippen LogP contribution in [0.15, 0.2) is 30.3 Å². The first-order chi connectivity index (χ1) is 18.1. The number of carbonyl (C=O) groups is 1. The number of likely N-dealkylation sites (N-methyl/N-ethyl adjacent to an activating group) is 2. The highest BCUT2D eigenvalue weighted by atomic mass is 16.7. The number of fused-ring (bicyclic) bond motifs is 2. The zero-order valence-electron chi connectivity index (χ0n) is 21.4. The summed E-state index contributed by atoms with van der Waals surface area (Å²) in [6.45, 7) is 7.48. The average Bonchev–Trinajstić information content (AvgIpc) is 3.61. The van der Waals surface area contributed by atoms with Gasteiger partial charge >= 0.3 is 0 Å². The van der Waals surface area contributed by atoms with Crippen molar-refractivity contribution in [3.05, 3.63) is 52.8 Å². The molecule has 0 radical (unpaired) electrons. The molecule has 6 rings (SSSR count). The standard InChI is InChI=1S/C26H31N7O4/c1-4-31-11-13-32(14-12-31)26(34)17-5-7-19(8-6-17)33-25(27-28-29-33)22-21-18(9-10-30(22)2)15-20-23(24(21)35-3)37-16-36-20/h5-8,15,22H,4,9-14,16H2,1-3H3/t22-/m1/s1. The van der Waals surface area contributed by atoms with Crippen molar-refractivity contribution in [3.63, 3.8) is 0 Å². The molecule has 1 aromatic heterocycles. The van der Waals surface area contributed by atoms with Crippen molar-refractivity contribution in [1.82, 2.24) is 34.9 Å². The van der Waals surface area contributed by atoms with Crippen LogP contribution in [0.3, 0.4) is 0 Å². The first-order valence-corrected chi connectivity index (χ1v) is 12.7. The number of hydrogen-bond acceptors (Lipinski definition) is 9. The maximum atomic E-state index is 13.1. The fraction of sp³-hybridized carbons (Fsp3) is 0.462. The van der Waals surface area contributed by atoms with Crippen molar-refractivity contribution in [1.29, 1.82) is 0 Å². The van der Waals surface area contributed by atoms with Crippen LogP contribution in [0, 0.1) is 0 Å². The normalized spacial score (nSPS) is 19.6. The van der Waals surface area contributed by atoms with E-state index in [1.165, 1.54) is 0 Å². The van der Waals surface area contributed by atoms with Gasteiger partial charge in [0.25, 0.3) is 5.91 Å². The molecule has 1 atom stereocenters. The lowest BCUT2D eigenvalue weighted by Crippen LogP contribution is -2.48. The van der Waals surface area contributed by atoms with Crippen molar-refractivity contribution in [2.75, 3.05) is 60.2 Å². The number of benzene rings is 2. The lowest BCUT2D eigenvalue weighted by molar-refractivity contribution is 0.0643. The zero-order chi connectivity index (χ0) is 25.5. The number of nitrogens with zero attached hydrogens (tertiary/aromatic N) is 7. The first-order valence-electron chi connectivity index (χ1n) is 12.7. The third kappa shape index (κ3) is 4.08. The number of aromatic nitrogens is 4. The van der Waals surface area contributed by atoms with Crippen LogP contribution in [-0.4, -0.2) is 101 Å². The van der Waals surface area contributed by atoms with Crippen molar-refractivity contribution in [2.24, 2.45) is 0 Å². The van der Waals surface area contributed by atoms with Crippen LogP contribution in [0.25, 0.3) is 5.69 Å². The quantitative estimate of drug-likeness (QED) is 0.514. The average molecular weight is 506 g/mol. The summed E-state index contributed by atoms with van der Waals surface area (Å²) in [6, 6.07) is 9.29. The van der Waals surface area contributed by atoms with Gasteiger partial charge in [-0.2, -0.15) is 4.68 Å². The zero-order valence-corrected chi connectivity index (χ0v) is 21.4. The highest BCUT2D eigenvalue weighted by Crippen LogP contribution is 2.50. The summed E-state index contributed by atoms with van der Waals surface area (Å²) in [6.07, 6.45) is 0.847. The molecule has 0 unspecified atom stereocenters. The Morgan fingerprint density at radius 3 is 2.62 bits per heavy atom. The Labute approximate surface area is 215 Å². The number of piperazine rings is 1. The second-order valence-corrected chi connectivity index (χ2v) is 9.57. The van der Waals surface area contributed by atoms with Crippen molar-refractivity contribution >= 4 is 5.91 Å². The summed E-state index contributed by atoms with van der Waals surface area (Å²) in [5, 5.41) is 12.8. The number of tetrazole rings is 1. The van der Waals surface area contributed by atoms with Gasteiger partial charge in [-0.25, -0.2) is 0 Å². The number of ether oxygens (including phenoxy) is 3. The Kier molecular flexibility index (Phi) is 6.17. The fourth-order valence-corrected chi connectivity index (χ4v) is 5.50. The van der Waals surface area contributed by atoms with Crippen molar-refractivity contribution in [2.45, 2.75) is 19.4 Å². The molecule has 0 N–H and O–H groups in total. The summed E-state index contributed by atoms with van der Waals surface area (Å²) in [5.74, 6) is 2.69. The second-order valence-electron chi connectivity index (χ2n) is 9.57. The SMILES string of the molecule is CCN1CCN(C(=O)c2ccc(-n3nnnc3[C@H]3c4c(cc5c(c4OC)OCO5)CCN3C)cc2)CC1. The molecule has 3 aromatic rings. The van der Waals surface area contributed by atoms with Crippen LogP contribution in [0.1, 0.15) is 40.3 Å². The molecular weight excluding hydrogens is 474 g/mol. The van der Waals surface area contributed by atoms with Gasteiger partial charge in [-0.1, -0.05) is 6.92 Å². The molecule has 3 aliphatic rings. The van der Waals surface area contributed by atoms with Gasteiger partial charge in [-0.3, -0.25) is 9.69 Å². The van der Waals surface area contributed by atoms with E-state index < -0.39 is 0 Å². The molecule has 0 spiro atoms. The van der Waals surface area contributed by atoms with E-state index in [1.54, 1.807) is 11.8 Å². The predicted molar refractivity (Wildman–Crippen MR) is 134 cm³/mol. The Hall–Kier alpha value is -3.70. The van der Waals surface area contributed by atoms with Gasteiger partial charge in [0, 0.05) is 43.9 Å². The van der Waals surface area contributed by atoms with Crippen LogP contribution in [0.5, 0.6) is 17.2 Å². The van der Waals surface area contributed by atoms with Gasteiger partial charge in [0.05, 0.1) is 12.8 Å². The predicted octanol–water partition coefficient (Wildman–Crippen LogP) is 1.75. The Bertz CT molecular complexity index is 1300. The van der Waals surface area contributed by atoms with Gasteiger partial charge in [-0.05, 0) is 66.3 Å². The molecule has 0 bridgehead atoms. The van der Waals surface area contributed by atoms with Crippen molar-refractivity contribution < 1.29 is 19.0 Å². The topological polar surface area (TPSA) is 98.1 Å². The third-order valence-electron chi connectivity index (χ3n) is 7.60. The largest absolute Gasteiger partial charge is 0.492 e. The molecule has 37 heavy (non-hydrogen) atoms. The molecule has 1 fully saturated rings. The number of rotatable bonds is 5. The Balaban J connectivity index is 1.31. The molecule has 4 heterocycles. The van der Waals surface area contributed by atoms with Crippen LogP contribution < -0.4 is 14.2 Å². The minimum Gasteiger partial charge on any atom is -0.492 e. The van der Waals surface area contributed by atoms with Gasteiger partial charge < -0.3 is 24.0 Å². The van der Waals surface area contributed by atoms with E-state index in [0.29, 0.717) is 28.6 Å². The lowest BCUT2D eigenvalue weighted by atomic mass is 9.90. The fourth-order valence-electron chi connectivity index (χ4n) is 5.50. The first kappa shape index (κ1) is 23.7.